The number of carboxylic acids is 1. The lowest BCUT2D eigenvalue weighted by Gasteiger charge is -2.17. The third-order valence-corrected chi connectivity index (χ3v) is 4.00. The molecule has 1 aromatic carbocycles. The highest BCUT2D eigenvalue weighted by Gasteiger charge is 2.30. The van der Waals surface area contributed by atoms with Crippen molar-refractivity contribution in [1.29, 1.82) is 0 Å². The van der Waals surface area contributed by atoms with Crippen molar-refractivity contribution in [3.05, 3.63) is 64.1 Å². The highest BCUT2D eigenvalue weighted by atomic mass is 19.4. The third-order valence-electron chi connectivity index (χ3n) is 4.00. The van der Waals surface area contributed by atoms with Gasteiger partial charge in [-0.25, -0.2) is 4.98 Å². The summed E-state index contributed by atoms with van der Waals surface area (Å²) in [5.74, 6) is -2.13. The molecule has 0 aliphatic carbocycles. The van der Waals surface area contributed by atoms with Crippen molar-refractivity contribution in [2.45, 2.75) is 12.4 Å². The molecule has 0 saturated carbocycles. The average Bonchev–Trinajstić information content (AvgIpc) is 2.69. The molecule has 4 N–H and O–H groups in total. The Morgan fingerprint density at radius 3 is 2.50 bits per heavy atom. The number of benzene rings is 1. The first-order valence-electron chi connectivity index (χ1n) is 8.31. The van der Waals surface area contributed by atoms with Gasteiger partial charge in [-0.05, 0) is 36.4 Å². The van der Waals surface area contributed by atoms with E-state index in [1.807, 2.05) is 0 Å². The Labute approximate surface area is 165 Å². The maximum absolute atomic E-state index is 12.8. The Bertz CT molecular complexity index is 1140. The topological polar surface area (TPSA) is 134 Å². The second kappa shape index (κ2) is 8.00. The fourth-order valence-corrected chi connectivity index (χ4v) is 2.62. The van der Waals surface area contributed by atoms with E-state index >= 15 is 0 Å². The Hall–Kier alpha value is -3.64. The average molecular weight is 425 g/mol. The first-order chi connectivity index (χ1) is 14.1. The first kappa shape index (κ1) is 21.1. The summed E-state index contributed by atoms with van der Waals surface area (Å²) < 4.78 is 38.8. The number of fused-ring (bicyclic) bond motifs is 1. The normalized spacial score (nSPS) is 12.7. The van der Waals surface area contributed by atoms with Gasteiger partial charge < -0.3 is 20.2 Å². The van der Waals surface area contributed by atoms with Crippen LogP contribution in [0, 0.1) is 0 Å². The number of carboxylic acid groups (broad SMARTS) is 1. The zero-order chi connectivity index (χ0) is 22.1. The molecule has 2 aromatic heterocycles. The van der Waals surface area contributed by atoms with Gasteiger partial charge in [-0.1, -0.05) is 0 Å². The van der Waals surface area contributed by atoms with Crippen LogP contribution in [-0.4, -0.2) is 37.5 Å². The predicted octanol–water partition coefficient (Wildman–Crippen LogP) is 1.63. The maximum atomic E-state index is 12.8. The van der Waals surface area contributed by atoms with E-state index in [0.717, 1.165) is 24.3 Å². The molecule has 2 heterocycles. The van der Waals surface area contributed by atoms with Crippen LogP contribution in [-0.2, 0) is 11.0 Å². The summed E-state index contributed by atoms with van der Waals surface area (Å²) >= 11 is 0. The summed E-state index contributed by atoms with van der Waals surface area (Å²) in [6, 6.07) is 6.25. The summed E-state index contributed by atoms with van der Waals surface area (Å²) in [4.78, 5) is 32.8. The number of nitrogens with one attached hydrogen (secondary N) is 1. The number of nitrogens with zero attached hydrogens (tertiary/aromatic N) is 2. The van der Waals surface area contributed by atoms with Crippen LogP contribution in [0.15, 0.2) is 47.4 Å². The smallest absolute Gasteiger partial charge is 0.416 e. The van der Waals surface area contributed by atoms with Gasteiger partial charge in [0.2, 0.25) is 0 Å². The molecule has 0 aliphatic heterocycles. The molecule has 9 nitrogen and oxygen atoms in total. The second-order valence-corrected chi connectivity index (χ2v) is 6.03. The van der Waals surface area contributed by atoms with E-state index in [9.17, 15) is 33.0 Å². The first-order valence-corrected chi connectivity index (χ1v) is 8.31. The summed E-state index contributed by atoms with van der Waals surface area (Å²) in [6.45, 7) is -0.717. The number of alkyl halides is 3. The fourth-order valence-electron chi connectivity index (χ4n) is 2.62. The van der Waals surface area contributed by atoms with E-state index in [2.05, 4.69) is 10.3 Å². The molecule has 0 aliphatic rings. The predicted molar refractivity (Wildman–Crippen MR) is 95.7 cm³/mol. The van der Waals surface area contributed by atoms with Crippen molar-refractivity contribution < 1.29 is 38.1 Å². The Balaban J connectivity index is 2.09. The number of aromatic hydroxyl groups is 1. The molecule has 0 bridgehead atoms. The summed E-state index contributed by atoms with van der Waals surface area (Å²) in [7, 11) is 0. The second-order valence-electron chi connectivity index (χ2n) is 6.03. The van der Waals surface area contributed by atoms with Crippen LogP contribution in [0.2, 0.25) is 0 Å². The van der Waals surface area contributed by atoms with Crippen LogP contribution in [0.1, 0.15) is 17.4 Å². The zero-order valence-electron chi connectivity index (χ0n) is 14.9. The molecule has 0 fully saturated rings. The maximum Gasteiger partial charge on any atom is 0.416 e. The summed E-state index contributed by atoms with van der Waals surface area (Å²) in [5, 5.41) is 31.4. The minimum absolute atomic E-state index is 0.0183. The van der Waals surface area contributed by atoms with Gasteiger partial charge in [0.05, 0.1) is 17.5 Å². The molecule has 1 unspecified atom stereocenters. The van der Waals surface area contributed by atoms with Crippen LogP contribution in [0.3, 0.4) is 0 Å². The van der Waals surface area contributed by atoms with Crippen molar-refractivity contribution in [3.63, 3.8) is 0 Å². The molecule has 0 radical (unpaired) electrons. The van der Waals surface area contributed by atoms with E-state index in [1.54, 1.807) is 0 Å². The number of rotatable bonds is 6. The molecule has 12 heteroatoms. The van der Waals surface area contributed by atoms with Crippen LogP contribution in [0.25, 0.3) is 11.0 Å². The monoisotopic (exact) mass is 425 g/mol. The molecular formula is C18H14F3N3O6. The number of aromatic nitrogens is 2. The van der Waals surface area contributed by atoms with Gasteiger partial charge in [-0.2, -0.15) is 13.2 Å². The van der Waals surface area contributed by atoms with Crippen LogP contribution in [0.5, 0.6) is 11.5 Å². The lowest BCUT2D eigenvalue weighted by atomic mass is 10.1. The number of carbonyl (C=O) groups is 1. The van der Waals surface area contributed by atoms with Gasteiger partial charge in [0.25, 0.3) is 5.56 Å². The van der Waals surface area contributed by atoms with Gasteiger partial charge in [-0.15, -0.1) is 4.73 Å². The SMILES string of the molecule is O=C(O)CNC(O)c1c(O)c2cccnc2n(Oc2ccc(C(F)(F)F)cc2)c1=O. The molecule has 30 heavy (non-hydrogen) atoms. The van der Waals surface area contributed by atoms with Crippen molar-refractivity contribution in [3.8, 4) is 11.5 Å². The minimum Gasteiger partial charge on any atom is -0.507 e. The highest BCUT2D eigenvalue weighted by Crippen LogP contribution is 2.31. The molecule has 0 saturated heterocycles. The largest absolute Gasteiger partial charge is 0.507 e. The summed E-state index contributed by atoms with van der Waals surface area (Å²) in [5.41, 5.74) is -2.81. The van der Waals surface area contributed by atoms with E-state index in [1.165, 1.54) is 18.3 Å². The Morgan fingerprint density at radius 2 is 1.90 bits per heavy atom. The van der Waals surface area contributed by atoms with Gasteiger partial charge in [-0.3, -0.25) is 14.9 Å². The van der Waals surface area contributed by atoms with Crippen molar-refractivity contribution in [2.24, 2.45) is 0 Å². The number of hydrogen-bond acceptors (Lipinski definition) is 7. The van der Waals surface area contributed by atoms with Crippen LogP contribution < -0.4 is 15.7 Å². The van der Waals surface area contributed by atoms with E-state index < -0.39 is 47.4 Å². The molecule has 0 spiro atoms. The third kappa shape index (κ3) is 4.18. The lowest BCUT2D eigenvalue weighted by Crippen LogP contribution is -2.35. The quantitative estimate of drug-likeness (QED) is 0.438. The van der Waals surface area contributed by atoms with Crippen molar-refractivity contribution in [2.75, 3.05) is 6.54 Å². The Morgan fingerprint density at radius 1 is 1.23 bits per heavy atom. The number of aliphatic carboxylic acids is 1. The number of aliphatic hydroxyl groups excluding tert-OH is 1. The number of aliphatic hydroxyl groups is 1. The minimum atomic E-state index is -4.56. The highest BCUT2D eigenvalue weighted by molar-refractivity contribution is 5.83. The Kier molecular flexibility index (Phi) is 5.62. The lowest BCUT2D eigenvalue weighted by molar-refractivity contribution is -0.138. The van der Waals surface area contributed by atoms with Crippen molar-refractivity contribution in [1.82, 2.24) is 15.0 Å². The molecule has 158 valence electrons. The molecular weight excluding hydrogens is 411 g/mol. The van der Waals surface area contributed by atoms with Gasteiger partial charge in [0, 0.05) is 6.20 Å². The zero-order valence-corrected chi connectivity index (χ0v) is 14.9. The van der Waals surface area contributed by atoms with E-state index in [-0.39, 0.29) is 16.8 Å². The van der Waals surface area contributed by atoms with Gasteiger partial charge in [0.1, 0.15) is 17.5 Å². The van der Waals surface area contributed by atoms with Crippen molar-refractivity contribution >= 4 is 17.0 Å². The molecule has 3 aromatic rings. The van der Waals surface area contributed by atoms with E-state index in [0.29, 0.717) is 4.73 Å². The number of pyridine rings is 2. The van der Waals surface area contributed by atoms with Crippen LogP contribution >= 0.6 is 0 Å². The number of hydrogen-bond donors (Lipinski definition) is 4. The van der Waals surface area contributed by atoms with E-state index in [4.69, 9.17) is 9.94 Å². The number of halogens is 3. The molecule has 1 atom stereocenters. The van der Waals surface area contributed by atoms with Crippen LogP contribution in [0.4, 0.5) is 13.2 Å². The standard InChI is InChI=1S/C18H14F3N3O6/c19-18(20,21)9-3-5-10(6-4-9)30-24-15-11(2-1-7-22-15)14(27)13(17(24)29)16(28)23-8-12(25)26/h1-7,16,23,27-28H,8H2,(H,25,26). The molecule has 3 rings (SSSR count). The van der Waals surface area contributed by atoms with Gasteiger partial charge >= 0.3 is 12.1 Å². The van der Waals surface area contributed by atoms with Gasteiger partial charge in [0.15, 0.2) is 11.4 Å². The fraction of sp³-hybridized carbons (Fsp3) is 0.167. The molecule has 0 amide bonds. The summed E-state index contributed by atoms with van der Waals surface area (Å²) in [6.07, 6.45) is -5.15.